The number of benzene rings is 1. The molecule has 1 aromatic carbocycles. The Morgan fingerprint density at radius 3 is 2.81 bits per heavy atom. The van der Waals surface area contributed by atoms with E-state index in [0.29, 0.717) is 28.0 Å². The Hall–Kier alpha value is -3.48. The highest BCUT2D eigenvalue weighted by molar-refractivity contribution is 7.96. The molecule has 2 N–H and O–H groups in total. The predicted molar refractivity (Wildman–Crippen MR) is 134 cm³/mol. The zero-order valence-corrected chi connectivity index (χ0v) is 21.1. The topological polar surface area (TPSA) is 123 Å². The van der Waals surface area contributed by atoms with E-state index in [4.69, 9.17) is 14.5 Å². The molecule has 3 aliphatic heterocycles. The zero-order valence-electron chi connectivity index (χ0n) is 20.3. The van der Waals surface area contributed by atoms with Crippen molar-refractivity contribution in [2.45, 2.75) is 39.0 Å². The van der Waals surface area contributed by atoms with E-state index < -0.39 is 17.4 Å². The minimum absolute atomic E-state index is 0.0123. The van der Waals surface area contributed by atoms with Crippen molar-refractivity contribution in [3.63, 3.8) is 0 Å². The third-order valence-electron chi connectivity index (χ3n) is 7.41. The summed E-state index contributed by atoms with van der Waals surface area (Å²) in [5.41, 5.74) is 1.09. The number of aliphatic hydroxyl groups is 1. The van der Waals surface area contributed by atoms with Gasteiger partial charge >= 0.3 is 5.97 Å². The number of nitrogens with zero attached hydrogens (tertiary/aromatic N) is 3. The first-order valence-corrected chi connectivity index (χ1v) is 13.0. The normalized spacial score (nSPS) is 19.3. The van der Waals surface area contributed by atoms with Crippen LogP contribution in [0.5, 0.6) is 5.75 Å². The Morgan fingerprint density at radius 2 is 2.08 bits per heavy atom. The van der Waals surface area contributed by atoms with E-state index in [9.17, 15) is 19.5 Å². The van der Waals surface area contributed by atoms with Gasteiger partial charge in [0.25, 0.3) is 5.56 Å². The van der Waals surface area contributed by atoms with E-state index in [0.717, 1.165) is 11.1 Å². The van der Waals surface area contributed by atoms with Gasteiger partial charge in [0.05, 0.1) is 35.6 Å². The van der Waals surface area contributed by atoms with Crippen molar-refractivity contribution in [1.29, 1.82) is 0 Å². The van der Waals surface area contributed by atoms with Crippen LogP contribution < -0.4 is 19.9 Å². The van der Waals surface area contributed by atoms with Crippen LogP contribution in [-0.2, 0) is 33.1 Å². The zero-order chi connectivity index (χ0) is 26.2. The van der Waals surface area contributed by atoms with Crippen LogP contribution in [0.2, 0.25) is 0 Å². The van der Waals surface area contributed by atoms with Gasteiger partial charge in [0.1, 0.15) is 12.3 Å². The lowest BCUT2D eigenvalue weighted by Crippen LogP contribution is -2.44. The summed E-state index contributed by atoms with van der Waals surface area (Å²) in [4.78, 5) is 44.9. The average Bonchev–Trinajstić information content (AvgIpc) is 3.48. The number of cyclic esters (lactones) is 1. The van der Waals surface area contributed by atoms with Crippen LogP contribution in [0.25, 0.3) is 22.3 Å². The molecule has 0 fully saturated rings. The second-order valence-corrected chi connectivity index (χ2v) is 9.91. The lowest BCUT2D eigenvalue weighted by atomic mass is 9.86. The summed E-state index contributed by atoms with van der Waals surface area (Å²) in [6, 6.07) is 2.87. The van der Waals surface area contributed by atoms with E-state index in [1.54, 1.807) is 19.2 Å². The summed E-state index contributed by atoms with van der Waals surface area (Å²) >= 11 is 1.30. The molecule has 3 aliphatic rings. The molecule has 0 saturated heterocycles. The molecule has 1 atom stereocenters. The minimum Gasteiger partial charge on any atom is -0.467 e. The Kier molecular flexibility index (Phi) is 5.34. The van der Waals surface area contributed by atoms with Gasteiger partial charge in [-0.1, -0.05) is 18.9 Å². The number of aromatic nitrogens is 2. The second kappa shape index (κ2) is 8.27. The molecule has 1 amide bonds. The smallest absolute Gasteiger partial charge is 0.343 e. The van der Waals surface area contributed by atoms with Crippen LogP contribution in [-0.4, -0.2) is 46.1 Å². The van der Waals surface area contributed by atoms with Crippen LogP contribution in [0, 0.1) is 12.7 Å². The van der Waals surface area contributed by atoms with Crippen LogP contribution in [0.4, 0.5) is 10.1 Å². The molecule has 192 valence electrons. The second-order valence-electron chi connectivity index (χ2n) is 9.22. The van der Waals surface area contributed by atoms with Gasteiger partial charge in [-0.05, 0) is 31.2 Å². The average molecular weight is 527 g/mol. The predicted octanol–water partition coefficient (Wildman–Crippen LogP) is 2.08. The number of amides is 1. The van der Waals surface area contributed by atoms with Gasteiger partial charge < -0.3 is 19.1 Å². The van der Waals surface area contributed by atoms with E-state index >= 15 is 4.39 Å². The number of esters is 1. The molecule has 0 saturated carbocycles. The molecule has 0 spiro atoms. The van der Waals surface area contributed by atoms with Crippen molar-refractivity contribution >= 4 is 40.4 Å². The Balaban J connectivity index is 1.58. The largest absolute Gasteiger partial charge is 0.467 e. The summed E-state index contributed by atoms with van der Waals surface area (Å²) in [5, 5.41) is 11.6. The highest BCUT2D eigenvalue weighted by Gasteiger charge is 2.45. The Morgan fingerprint density at radius 1 is 1.30 bits per heavy atom. The van der Waals surface area contributed by atoms with Gasteiger partial charge in [-0.3, -0.25) is 19.2 Å². The summed E-state index contributed by atoms with van der Waals surface area (Å²) in [5.74, 6) is -1.74. The van der Waals surface area contributed by atoms with Crippen molar-refractivity contribution < 1.29 is 28.6 Å². The van der Waals surface area contributed by atoms with Crippen LogP contribution in [0.15, 0.2) is 16.9 Å². The standard InChI is InChI=1S/C25H23FN4O6S/c1-4-25(34)14-5-17-20-12(8-29(17)23(32)13(14)9-35-24(25)33)11(2)19-16(28-20)6-15(26)22-21(19)30(10-36-22)18(31)7-27-37-3/h5-6,27,34H,4,7-10H2,1-3H3/t25-/m0/s1. The maximum absolute atomic E-state index is 15.1. The van der Waals surface area contributed by atoms with E-state index in [1.807, 2.05) is 6.92 Å². The Labute approximate surface area is 214 Å². The molecule has 5 heterocycles. The first kappa shape index (κ1) is 23.9. The number of pyridine rings is 2. The van der Waals surface area contributed by atoms with Crippen molar-refractivity contribution in [1.82, 2.24) is 14.3 Å². The molecule has 0 unspecified atom stereocenters. The van der Waals surface area contributed by atoms with Gasteiger partial charge in [-0.25, -0.2) is 14.2 Å². The first-order chi connectivity index (χ1) is 17.7. The van der Waals surface area contributed by atoms with Crippen molar-refractivity contribution in [2.24, 2.45) is 0 Å². The number of carbonyl (C=O) groups is 2. The molecule has 10 nitrogen and oxygen atoms in total. The molecule has 37 heavy (non-hydrogen) atoms. The number of ether oxygens (including phenoxy) is 2. The molecule has 0 bridgehead atoms. The van der Waals surface area contributed by atoms with Crippen LogP contribution in [0.3, 0.4) is 0 Å². The summed E-state index contributed by atoms with van der Waals surface area (Å²) < 4.78 is 30.2. The lowest BCUT2D eigenvalue weighted by molar-refractivity contribution is -0.172. The molecule has 3 aromatic rings. The quantitative estimate of drug-likeness (QED) is 0.304. The fourth-order valence-corrected chi connectivity index (χ4v) is 5.68. The Bertz CT molecular complexity index is 1610. The van der Waals surface area contributed by atoms with Gasteiger partial charge in [-0.2, -0.15) is 0 Å². The number of anilines is 1. The monoisotopic (exact) mass is 526 g/mol. The molecule has 2 aromatic heterocycles. The molecule has 0 radical (unpaired) electrons. The third-order valence-corrected chi connectivity index (χ3v) is 7.85. The summed E-state index contributed by atoms with van der Waals surface area (Å²) in [6.45, 7) is 3.36. The fourth-order valence-electron chi connectivity index (χ4n) is 5.41. The van der Waals surface area contributed by atoms with Crippen molar-refractivity contribution in [3.05, 3.63) is 50.6 Å². The molecule has 6 rings (SSSR count). The SMILES string of the molecule is CC[C@@]1(O)C(=O)OCc2c1cc1n(c2=O)Cc2c-1nc1cc(F)c3c(c1c2C)N(C(=O)CNSC)CO3. The van der Waals surface area contributed by atoms with Crippen LogP contribution >= 0.6 is 11.9 Å². The van der Waals surface area contributed by atoms with E-state index in [-0.39, 0.29) is 61.2 Å². The fraction of sp³-hybridized carbons (Fsp3) is 0.360. The molecular formula is C25H23FN4O6S. The lowest BCUT2D eigenvalue weighted by Gasteiger charge is -2.31. The number of hydrogen-bond acceptors (Lipinski definition) is 9. The van der Waals surface area contributed by atoms with Gasteiger partial charge in [0, 0.05) is 22.6 Å². The third kappa shape index (κ3) is 3.19. The maximum Gasteiger partial charge on any atom is 0.343 e. The van der Waals surface area contributed by atoms with Crippen LogP contribution in [0.1, 0.15) is 35.6 Å². The van der Waals surface area contributed by atoms with Gasteiger partial charge in [-0.15, -0.1) is 0 Å². The van der Waals surface area contributed by atoms with E-state index in [1.165, 1.54) is 27.5 Å². The number of aryl methyl sites for hydroxylation is 1. The van der Waals surface area contributed by atoms with Crippen molar-refractivity contribution in [3.8, 4) is 17.1 Å². The number of rotatable bonds is 4. The first-order valence-electron chi connectivity index (χ1n) is 11.7. The number of nitrogens with one attached hydrogen (secondary N) is 1. The van der Waals surface area contributed by atoms with E-state index in [2.05, 4.69) is 4.72 Å². The number of halogens is 1. The number of carbonyl (C=O) groups excluding carboxylic acids is 2. The van der Waals surface area contributed by atoms with Gasteiger partial charge in [0.15, 0.2) is 23.9 Å². The van der Waals surface area contributed by atoms with Gasteiger partial charge in [0.2, 0.25) is 5.91 Å². The minimum atomic E-state index is -1.94. The highest BCUT2D eigenvalue weighted by atomic mass is 32.2. The maximum atomic E-state index is 15.1. The number of hydrogen-bond donors (Lipinski definition) is 2. The highest BCUT2D eigenvalue weighted by Crippen LogP contribution is 2.47. The summed E-state index contributed by atoms with van der Waals surface area (Å²) in [6.07, 6.45) is 1.83. The molecular weight excluding hydrogens is 503 g/mol. The molecule has 12 heteroatoms. The number of fused-ring (bicyclic) bond motifs is 7. The van der Waals surface area contributed by atoms with Crippen molar-refractivity contribution in [2.75, 3.05) is 24.4 Å². The summed E-state index contributed by atoms with van der Waals surface area (Å²) in [7, 11) is 0. The molecule has 0 aliphatic carbocycles.